The first kappa shape index (κ1) is 23.0. The Morgan fingerprint density at radius 3 is 1.34 bits per heavy atom. The molecule has 0 aromatic rings. The van der Waals surface area contributed by atoms with Crippen molar-refractivity contribution in [1.29, 1.82) is 0 Å². The second-order valence-electron chi connectivity index (χ2n) is 5.33. The lowest BCUT2D eigenvalue weighted by atomic mass is 10.6. The van der Waals surface area contributed by atoms with E-state index < -0.39 is 79.2 Å². The predicted molar refractivity (Wildman–Crippen MR) is 86.7 cm³/mol. The first-order valence-electron chi connectivity index (χ1n) is 8.11. The van der Waals surface area contributed by atoms with Crippen LogP contribution in [-0.2, 0) is 51.5 Å². The second kappa shape index (κ2) is 11.7. The normalized spacial score (nSPS) is 18.1. The lowest BCUT2D eigenvalue weighted by molar-refractivity contribution is -0.150. The van der Waals surface area contributed by atoms with E-state index in [0.717, 1.165) is 0 Å². The van der Waals surface area contributed by atoms with Gasteiger partial charge in [-0.05, 0) is 0 Å². The van der Waals surface area contributed by atoms with Crippen LogP contribution in [0.1, 0.15) is 0 Å². The number of rotatable bonds is 6. The first-order valence-corrected chi connectivity index (χ1v) is 10.9. The van der Waals surface area contributed by atoms with Gasteiger partial charge in [0.05, 0.1) is 39.3 Å². The molecule has 15 nitrogen and oxygen atoms in total. The molecule has 2 heterocycles. The monoisotopic (exact) mass is 447 g/mol. The summed E-state index contributed by atoms with van der Waals surface area (Å²) in [6.07, 6.45) is 0. The second-order valence-corrected chi connectivity index (χ2v) is 7.90. The fraction of sp³-hybridized carbons (Fsp3) is 0.500. The molecule has 0 bridgehead atoms. The molecule has 0 spiro atoms. The van der Waals surface area contributed by atoms with Gasteiger partial charge >= 0.3 is 30.3 Å². The Labute approximate surface area is 173 Å². The van der Waals surface area contributed by atoms with Crippen molar-refractivity contribution in [3.8, 4) is 0 Å². The molecule has 3 N–H and O–H groups in total. The van der Waals surface area contributed by atoms with E-state index in [4.69, 9.17) is 22.7 Å². The van der Waals surface area contributed by atoms with Gasteiger partial charge in [0.15, 0.2) is 0 Å². The summed E-state index contributed by atoms with van der Waals surface area (Å²) in [7, 11) is 0. The third-order valence-corrected chi connectivity index (χ3v) is 5.71. The van der Waals surface area contributed by atoms with E-state index in [-0.39, 0.29) is 26.2 Å². The zero-order valence-corrected chi connectivity index (χ0v) is 17.1. The predicted octanol–water partition coefficient (Wildman–Crippen LogP) is -4.99. The molecule has 0 saturated carbocycles. The highest BCUT2D eigenvalue weighted by Gasteiger charge is 2.50. The molecule has 0 aromatic carbocycles. The van der Waals surface area contributed by atoms with Crippen molar-refractivity contribution in [2.24, 2.45) is 0 Å². The van der Waals surface area contributed by atoms with Crippen LogP contribution < -0.4 is 16.0 Å². The van der Waals surface area contributed by atoms with Crippen LogP contribution in [0.25, 0.3) is 0 Å². The summed E-state index contributed by atoms with van der Waals surface area (Å²) in [6.45, 7) is -1.98. The van der Waals surface area contributed by atoms with Gasteiger partial charge in [-0.2, -0.15) is 0 Å². The Kier molecular flexibility index (Phi) is 9.29. The van der Waals surface area contributed by atoms with Crippen LogP contribution in [0.4, 0.5) is 0 Å². The van der Waals surface area contributed by atoms with E-state index >= 15 is 0 Å². The van der Waals surface area contributed by atoms with Crippen molar-refractivity contribution in [2.45, 2.75) is 0 Å². The molecule has 0 aliphatic carbocycles. The fourth-order valence-corrected chi connectivity index (χ4v) is 3.91. The zero-order chi connectivity index (χ0) is 21.2. The fourth-order valence-electron chi connectivity index (χ4n) is 1.84. The third-order valence-electron chi connectivity index (χ3n) is 2.98. The molecule has 29 heavy (non-hydrogen) atoms. The molecule has 0 unspecified atom stereocenters. The maximum absolute atomic E-state index is 11.7. The van der Waals surface area contributed by atoms with E-state index in [0.29, 0.717) is 0 Å². The number of hydrogen-bond acceptors (Lipinski definition) is 15. The van der Waals surface area contributed by atoms with E-state index in [2.05, 4.69) is 16.0 Å². The van der Waals surface area contributed by atoms with Gasteiger partial charge in [0.25, 0.3) is 35.8 Å². The Morgan fingerprint density at radius 1 is 0.724 bits per heavy atom. The number of hydrogen-bond donors (Lipinski definition) is 3. The molecule has 0 atom stereocenters. The summed E-state index contributed by atoms with van der Waals surface area (Å²) in [5.41, 5.74) is 0. The summed E-state index contributed by atoms with van der Waals surface area (Å²) < 4.78 is 28.5. The molecular formula is C12H15Al2N3O12. The highest BCUT2D eigenvalue weighted by molar-refractivity contribution is 6.45. The Bertz CT molecular complexity index is 597. The molecule has 2 aliphatic rings. The summed E-state index contributed by atoms with van der Waals surface area (Å²) in [4.78, 5) is 68.8. The minimum Gasteiger partial charge on any atom is -0.550 e. The highest BCUT2D eigenvalue weighted by Crippen LogP contribution is 1.99. The van der Waals surface area contributed by atoms with Gasteiger partial charge in [0.1, 0.15) is 0 Å². The Morgan fingerprint density at radius 2 is 1.03 bits per heavy atom. The van der Waals surface area contributed by atoms with Crippen LogP contribution in [0.2, 0.25) is 0 Å². The molecule has 2 fully saturated rings. The number of nitrogens with one attached hydrogen (secondary N) is 3. The largest absolute Gasteiger partial charge is 1.20 e. The smallest absolute Gasteiger partial charge is 0.550 e. The molecule has 2 aliphatic heterocycles. The van der Waals surface area contributed by atoms with Gasteiger partial charge in [-0.3, -0.25) is 44.7 Å². The van der Waals surface area contributed by atoms with Gasteiger partial charge in [-0.1, -0.05) is 0 Å². The summed E-state index contributed by atoms with van der Waals surface area (Å²) in [5.74, 6) is -4.89. The summed E-state index contributed by atoms with van der Waals surface area (Å²) in [5, 5.41) is 7.29. The Balaban J connectivity index is 1.70. The minimum atomic E-state index is -3.35. The Hall–Kier alpha value is -2.24. The average Bonchev–Trinajstić information content (AvgIpc) is 2.58. The number of carbonyl (C=O) groups excluding carboxylic acids is 6. The van der Waals surface area contributed by atoms with E-state index in [1.165, 1.54) is 0 Å². The minimum absolute atomic E-state index is 0.240. The number of carbonyl (C=O) groups is 6. The van der Waals surface area contributed by atoms with Crippen LogP contribution in [0.5, 0.6) is 0 Å². The molecule has 17 heteroatoms. The lowest BCUT2D eigenvalue weighted by Crippen LogP contribution is -2.46. The van der Waals surface area contributed by atoms with Crippen molar-refractivity contribution < 1.29 is 51.5 Å². The molecule has 0 amide bonds. The average molecular weight is 447 g/mol. The van der Waals surface area contributed by atoms with Gasteiger partial charge in [0.2, 0.25) is 0 Å². The van der Waals surface area contributed by atoms with Crippen LogP contribution in [0, 0.1) is 0 Å². The van der Waals surface area contributed by atoms with Gasteiger partial charge in [0, 0.05) is 0 Å². The van der Waals surface area contributed by atoms with Crippen LogP contribution in [0.3, 0.4) is 0 Å². The standard InChI is InChI=1S/3C4H7NO4.2Al/c3*6-3(7)1-5-2-4(8)9;;/h3*5H,1-2H2,(H,6,7)(H,8,9);;/q;;;2*+3/p-6. The molecular weight excluding hydrogens is 432 g/mol. The molecule has 0 aromatic heterocycles. The molecule has 2 saturated heterocycles. The zero-order valence-electron chi connectivity index (χ0n) is 14.8. The quantitative estimate of drug-likeness (QED) is 0.327. The maximum Gasteiger partial charge on any atom is 1.20 e. The SMILES string of the molecule is O=C1CNCC(=O)[O][Al]([O]C(=O)CNCC(=O)[O][Al]2[O]C(=O)CNCC(=O)[O]2)[O]1. The van der Waals surface area contributed by atoms with Crippen molar-refractivity contribution >= 4 is 66.1 Å². The van der Waals surface area contributed by atoms with Crippen LogP contribution in [-0.4, -0.2) is 105 Å². The van der Waals surface area contributed by atoms with E-state index in [1.807, 2.05) is 0 Å². The van der Waals surface area contributed by atoms with Gasteiger partial charge < -0.3 is 22.7 Å². The lowest BCUT2D eigenvalue weighted by Gasteiger charge is -2.17. The summed E-state index contributed by atoms with van der Waals surface area (Å²) in [6, 6.07) is 0. The van der Waals surface area contributed by atoms with Crippen molar-refractivity contribution in [2.75, 3.05) is 39.3 Å². The van der Waals surface area contributed by atoms with Crippen molar-refractivity contribution in [1.82, 2.24) is 16.0 Å². The van der Waals surface area contributed by atoms with Gasteiger partial charge in [-0.25, -0.2) is 0 Å². The summed E-state index contributed by atoms with van der Waals surface area (Å²) >= 11 is -6.71. The van der Waals surface area contributed by atoms with Crippen LogP contribution in [0.15, 0.2) is 0 Å². The molecule has 0 radical (unpaired) electrons. The highest BCUT2D eigenvalue weighted by atomic mass is 27.3. The van der Waals surface area contributed by atoms with Crippen LogP contribution >= 0.6 is 0 Å². The van der Waals surface area contributed by atoms with Gasteiger partial charge in [-0.15, -0.1) is 0 Å². The van der Waals surface area contributed by atoms with E-state index in [1.54, 1.807) is 0 Å². The molecule has 156 valence electrons. The van der Waals surface area contributed by atoms with Crippen molar-refractivity contribution in [3.63, 3.8) is 0 Å². The first-order chi connectivity index (χ1) is 13.8. The van der Waals surface area contributed by atoms with Crippen molar-refractivity contribution in [3.05, 3.63) is 0 Å². The maximum atomic E-state index is 11.7. The molecule has 2 rings (SSSR count). The third kappa shape index (κ3) is 9.20. The topological polar surface area (TPSA) is 194 Å². The van der Waals surface area contributed by atoms with E-state index in [9.17, 15) is 28.8 Å².